The number of halogens is 3. The Morgan fingerprint density at radius 3 is 2.47 bits per heavy atom. The van der Waals surface area contributed by atoms with Crippen molar-refractivity contribution in [2.24, 2.45) is 0 Å². The lowest BCUT2D eigenvalue weighted by Crippen LogP contribution is -2.15. The van der Waals surface area contributed by atoms with E-state index in [2.05, 4.69) is 17.2 Å². The largest absolute Gasteiger partial charge is 0.443 e. The van der Waals surface area contributed by atoms with Crippen molar-refractivity contribution in [2.45, 2.75) is 25.6 Å². The van der Waals surface area contributed by atoms with E-state index in [4.69, 9.17) is 0 Å². The normalized spacial score (nSPS) is 13.7. The fourth-order valence-corrected chi connectivity index (χ4v) is 3.78. The van der Waals surface area contributed by atoms with Crippen LogP contribution in [0.3, 0.4) is 0 Å². The summed E-state index contributed by atoms with van der Waals surface area (Å²) in [5.74, 6) is 0. The van der Waals surface area contributed by atoms with Gasteiger partial charge in [0.2, 0.25) is 0 Å². The number of rotatable bonds is 4. The number of thiazole rings is 1. The molecule has 0 fully saturated rings. The Labute approximate surface area is 117 Å². The Morgan fingerprint density at radius 2 is 2.00 bits per heavy atom. The first-order chi connectivity index (χ1) is 8.95. The van der Waals surface area contributed by atoms with Crippen molar-refractivity contribution in [1.29, 1.82) is 0 Å². The maximum absolute atomic E-state index is 12.6. The Bertz CT molecular complexity index is 545. The molecule has 0 amide bonds. The Morgan fingerprint density at radius 1 is 1.26 bits per heavy atom. The molecule has 0 aliphatic heterocycles. The van der Waals surface area contributed by atoms with E-state index in [1.165, 1.54) is 11.1 Å². The maximum Gasteiger partial charge on any atom is 0.443 e. The summed E-state index contributed by atoms with van der Waals surface area (Å²) in [6.07, 6.45) is -2.14. The summed E-state index contributed by atoms with van der Waals surface area (Å²) < 4.78 is 37.7. The van der Waals surface area contributed by atoms with Gasteiger partial charge in [0.05, 0.1) is 6.04 Å². The van der Waals surface area contributed by atoms with Gasteiger partial charge in [-0.2, -0.15) is 13.2 Å². The van der Waals surface area contributed by atoms with Crippen molar-refractivity contribution in [1.82, 2.24) is 10.3 Å². The average molecular weight is 306 g/mol. The molecular weight excluding hydrogens is 293 g/mol. The summed E-state index contributed by atoms with van der Waals surface area (Å²) >= 11 is 2.30. The molecule has 0 spiro atoms. The molecule has 7 heteroatoms. The topological polar surface area (TPSA) is 24.9 Å². The van der Waals surface area contributed by atoms with Crippen LogP contribution in [-0.2, 0) is 12.6 Å². The summed E-state index contributed by atoms with van der Waals surface area (Å²) in [6.45, 7) is 2.05. The second-order valence-corrected chi connectivity index (χ2v) is 6.21. The van der Waals surface area contributed by atoms with Crippen LogP contribution in [0.15, 0.2) is 18.3 Å². The van der Waals surface area contributed by atoms with Crippen molar-refractivity contribution >= 4 is 22.7 Å². The molecule has 2 rings (SSSR count). The molecule has 0 saturated heterocycles. The first-order valence-electron chi connectivity index (χ1n) is 5.74. The van der Waals surface area contributed by atoms with E-state index in [0.717, 1.165) is 11.3 Å². The van der Waals surface area contributed by atoms with Crippen LogP contribution in [-0.4, -0.2) is 12.0 Å². The van der Waals surface area contributed by atoms with Crippen molar-refractivity contribution in [2.75, 3.05) is 7.05 Å². The molecule has 2 aromatic rings. The minimum atomic E-state index is -4.37. The van der Waals surface area contributed by atoms with Crippen molar-refractivity contribution in [3.63, 3.8) is 0 Å². The molecular formula is C12H13F3N2S2. The highest BCUT2D eigenvalue weighted by Gasteiger charge is 2.35. The van der Waals surface area contributed by atoms with Gasteiger partial charge in [-0.25, -0.2) is 4.98 Å². The Kier molecular flexibility index (Phi) is 4.27. The third-order valence-electron chi connectivity index (χ3n) is 2.65. The molecule has 2 nitrogen and oxygen atoms in total. The van der Waals surface area contributed by atoms with Crippen LogP contribution in [0, 0.1) is 0 Å². The van der Waals surface area contributed by atoms with Crippen LogP contribution in [0.4, 0.5) is 13.2 Å². The molecule has 1 atom stereocenters. The van der Waals surface area contributed by atoms with Gasteiger partial charge in [-0.15, -0.1) is 22.7 Å². The number of nitrogens with one attached hydrogen (secondary N) is 1. The summed E-state index contributed by atoms with van der Waals surface area (Å²) in [4.78, 5) is 6.28. The van der Waals surface area contributed by atoms with Crippen LogP contribution in [0.25, 0.3) is 0 Å². The molecule has 1 N–H and O–H groups in total. The first-order valence-corrected chi connectivity index (χ1v) is 7.37. The van der Waals surface area contributed by atoms with E-state index in [1.54, 1.807) is 18.4 Å². The number of thiophene rings is 1. The van der Waals surface area contributed by atoms with Gasteiger partial charge < -0.3 is 5.32 Å². The van der Waals surface area contributed by atoms with E-state index in [9.17, 15) is 13.2 Å². The second-order valence-electron chi connectivity index (χ2n) is 3.94. The van der Waals surface area contributed by atoms with Gasteiger partial charge >= 0.3 is 6.18 Å². The highest BCUT2D eigenvalue weighted by atomic mass is 32.1. The molecule has 0 aliphatic carbocycles. The van der Waals surface area contributed by atoms with Gasteiger partial charge in [-0.05, 0) is 25.6 Å². The van der Waals surface area contributed by atoms with Gasteiger partial charge in [0.15, 0.2) is 5.01 Å². The van der Waals surface area contributed by atoms with Gasteiger partial charge in [-0.1, -0.05) is 6.92 Å². The van der Waals surface area contributed by atoms with E-state index in [-0.39, 0.29) is 6.04 Å². The van der Waals surface area contributed by atoms with Crippen molar-refractivity contribution in [3.8, 4) is 0 Å². The lowest BCUT2D eigenvalue weighted by molar-refractivity contribution is -0.137. The minimum absolute atomic E-state index is 0.223. The summed E-state index contributed by atoms with van der Waals surface area (Å²) in [5, 5.41) is 2.25. The minimum Gasteiger partial charge on any atom is -0.308 e. The number of aryl methyl sites for hydroxylation is 1. The number of alkyl halides is 3. The fraction of sp³-hybridized carbons (Fsp3) is 0.417. The van der Waals surface area contributed by atoms with Gasteiger partial charge in [-0.3, -0.25) is 0 Å². The molecule has 2 aromatic heterocycles. The number of aromatic nitrogens is 1. The summed E-state index contributed by atoms with van der Waals surface area (Å²) in [6, 6.07) is 3.74. The fourth-order valence-electron chi connectivity index (χ4n) is 1.72. The highest BCUT2D eigenvalue weighted by molar-refractivity contribution is 7.13. The standard InChI is InChI=1S/C12H13F3N2S2/c1-3-7-4-5-8(18-7)10(16-2)9-6-17-11(19-9)12(13,14)15/h4-6,10,16H,3H2,1-2H3. The second kappa shape index (κ2) is 5.60. The zero-order valence-corrected chi connectivity index (χ0v) is 12.0. The quantitative estimate of drug-likeness (QED) is 0.920. The lowest BCUT2D eigenvalue weighted by Gasteiger charge is -2.11. The van der Waals surface area contributed by atoms with Crippen molar-refractivity contribution in [3.05, 3.63) is 38.0 Å². The van der Waals surface area contributed by atoms with Crippen LogP contribution in [0.5, 0.6) is 0 Å². The number of nitrogens with zero attached hydrogens (tertiary/aromatic N) is 1. The zero-order chi connectivity index (χ0) is 14.0. The predicted octanol–water partition coefficient (Wildman–Crippen LogP) is 4.09. The van der Waals surface area contributed by atoms with Gasteiger partial charge in [0.25, 0.3) is 0 Å². The van der Waals surface area contributed by atoms with Crippen LogP contribution >= 0.6 is 22.7 Å². The molecule has 19 heavy (non-hydrogen) atoms. The summed E-state index contributed by atoms with van der Waals surface area (Å²) in [7, 11) is 1.74. The zero-order valence-electron chi connectivity index (χ0n) is 10.4. The van der Waals surface area contributed by atoms with Gasteiger partial charge in [0.1, 0.15) is 0 Å². The molecule has 104 valence electrons. The van der Waals surface area contributed by atoms with Crippen LogP contribution in [0.2, 0.25) is 0 Å². The lowest BCUT2D eigenvalue weighted by atomic mass is 10.2. The van der Waals surface area contributed by atoms with E-state index >= 15 is 0 Å². The first kappa shape index (κ1) is 14.5. The molecule has 2 heterocycles. The average Bonchev–Trinajstić information content (AvgIpc) is 2.98. The van der Waals surface area contributed by atoms with Crippen molar-refractivity contribution < 1.29 is 13.2 Å². The smallest absolute Gasteiger partial charge is 0.308 e. The molecule has 0 aromatic carbocycles. The Hall–Kier alpha value is -0.920. The molecule has 1 unspecified atom stereocenters. The molecule has 0 bridgehead atoms. The molecule has 0 saturated carbocycles. The third-order valence-corrected chi connectivity index (χ3v) is 5.06. The maximum atomic E-state index is 12.6. The number of hydrogen-bond acceptors (Lipinski definition) is 4. The van der Waals surface area contributed by atoms with Crippen LogP contribution < -0.4 is 5.32 Å². The SMILES string of the molecule is CCc1ccc(C(NC)c2cnc(C(F)(F)F)s2)s1. The highest BCUT2D eigenvalue weighted by Crippen LogP contribution is 2.37. The third kappa shape index (κ3) is 3.16. The van der Waals surface area contributed by atoms with Crippen LogP contribution in [0.1, 0.15) is 32.6 Å². The number of hydrogen-bond donors (Lipinski definition) is 1. The van der Waals surface area contributed by atoms with E-state index < -0.39 is 11.2 Å². The van der Waals surface area contributed by atoms with E-state index in [0.29, 0.717) is 16.2 Å². The molecule has 0 radical (unpaired) electrons. The van der Waals surface area contributed by atoms with E-state index in [1.807, 2.05) is 12.1 Å². The summed E-state index contributed by atoms with van der Waals surface area (Å²) in [5.41, 5.74) is 0. The molecule has 0 aliphatic rings. The predicted molar refractivity (Wildman–Crippen MR) is 71.7 cm³/mol. The monoisotopic (exact) mass is 306 g/mol. The van der Waals surface area contributed by atoms with Gasteiger partial charge in [0, 0.05) is 20.8 Å². The Balaban J connectivity index is 2.29.